The summed E-state index contributed by atoms with van der Waals surface area (Å²) in [7, 11) is -7.83. The number of nitrogens with one attached hydrogen (secondary N) is 1. The number of primary sulfonamides is 1. The summed E-state index contributed by atoms with van der Waals surface area (Å²) in [6.07, 6.45) is 3.35. The molecule has 0 unspecified atom stereocenters. The minimum absolute atomic E-state index is 0.0106. The fourth-order valence-corrected chi connectivity index (χ4v) is 6.27. The maximum absolute atomic E-state index is 13.9. The first kappa shape index (κ1) is 26.7. The highest BCUT2D eigenvalue weighted by atomic mass is 32.2. The van der Waals surface area contributed by atoms with E-state index in [1.165, 1.54) is 53.7 Å². The SMILES string of the molecule is Cc1noc(/C=C/c2ccccc2F)c1S(=O)(=O)N1CCC(C(=O)Nc2ccc(S(N)(=O)=O)cc2)CC1. The number of amides is 1. The van der Waals surface area contributed by atoms with Crippen molar-refractivity contribution in [3.05, 3.63) is 71.4 Å². The number of halogens is 1. The normalized spacial score (nSPS) is 15.8. The van der Waals surface area contributed by atoms with Crippen LogP contribution in [0.25, 0.3) is 12.2 Å². The molecule has 0 bridgehead atoms. The quantitative estimate of drug-likeness (QED) is 0.460. The molecule has 3 aromatic rings. The van der Waals surface area contributed by atoms with E-state index in [9.17, 15) is 26.0 Å². The van der Waals surface area contributed by atoms with Crippen molar-refractivity contribution in [3.63, 3.8) is 0 Å². The molecule has 2 heterocycles. The fourth-order valence-electron chi connectivity index (χ4n) is 4.03. The second kappa shape index (κ2) is 10.5. The van der Waals surface area contributed by atoms with Crippen molar-refractivity contribution in [3.8, 4) is 0 Å². The molecule has 1 aliphatic rings. The van der Waals surface area contributed by atoms with Gasteiger partial charge in [-0.05, 0) is 62.2 Å². The number of hydrogen-bond acceptors (Lipinski definition) is 7. The van der Waals surface area contributed by atoms with Crippen LogP contribution in [0, 0.1) is 18.7 Å². The zero-order chi connectivity index (χ0) is 26.8. The lowest BCUT2D eigenvalue weighted by atomic mass is 9.97. The Kier molecular flexibility index (Phi) is 7.59. The van der Waals surface area contributed by atoms with Crippen LogP contribution in [-0.4, -0.2) is 45.3 Å². The molecule has 2 aromatic carbocycles. The average Bonchev–Trinajstić information content (AvgIpc) is 3.24. The predicted molar refractivity (Wildman–Crippen MR) is 134 cm³/mol. The van der Waals surface area contributed by atoms with E-state index in [1.807, 2.05) is 0 Å². The Morgan fingerprint density at radius 2 is 1.73 bits per heavy atom. The number of anilines is 1. The Hall–Kier alpha value is -3.39. The summed E-state index contributed by atoms with van der Waals surface area (Å²) >= 11 is 0. The number of piperidine rings is 1. The second-order valence-corrected chi connectivity index (χ2v) is 12.0. The number of hydrogen-bond donors (Lipinski definition) is 2. The van der Waals surface area contributed by atoms with Crippen LogP contribution in [0.5, 0.6) is 0 Å². The molecule has 13 heteroatoms. The van der Waals surface area contributed by atoms with E-state index in [1.54, 1.807) is 18.2 Å². The van der Waals surface area contributed by atoms with E-state index in [0.29, 0.717) is 5.69 Å². The third kappa shape index (κ3) is 5.96. The van der Waals surface area contributed by atoms with Crippen molar-refractivity contribution in [2.24, 2.45) is 11.1 Å². The molecule has 0 aliphatic carbocycles. The monoisotopic (exact) mass is 548 g/mol. The van der Waals surface area contributed by atoms with Crippen molar-refractivity contribution in [2.75, 3.05) is 18.4 Å². The number of nitrogens with zero attached hydrogens (tertiary/aromatic N) is 2. The van der Waals surface area contributed by atoms with Crippen LogP contribution in [0.1, 0.15) is 29.9 Å². The molecule has 1 saturated heterocycles. The molecule has 37 heavy (non-hydrogen) atoms. The third-order valence-corrected chi connectivity index (χ3v) is 9.01. The van der Waals surface area contributed by atoms with Gasteiger partial charge in [-0.2, -0.15) is 4.31 Å². The number of aromatic nitrogens is 1. The first-order chi connectivity index (χ1) is 17.5. The molecule has 0 radical (unpaired) electrons. The van der Waals surface area contributed by atoms with Crippen LogP contribution in [0.3, 0.4) is 0 Å². The number of aryl methyl sites for hydroxylation is 1. The smallest absolute Gasteiger partial charge is 0.248 e. The molecule has 1 aliphatic heterocycles. The number of benzene rings is 2. The van der Waals surface area contributed by atoms with E-state index in [2.05, 4.69) is 10.5 Å². The van der Waals surface area contributed by atoms with Crippen LogP contribution < -0.4 is 10.5 Å². The number of sulfonamides is 2. The minimum Gasteiger partial charge on any atom is -0.355 e. The zero-order valence-electron chi connectivity index (χ0n) is 19.8. The molecule has 3 N–H and O–H groups in total. The van der Waals surface area contributed by atoms with Crippen molar-refractivity contribution in [1.82, 2.24) is 9.46 Å². The maximum Gasteiger partial charge on any atom is 0.248 e. The average molecular weight is 549 g/mol. The van der Waals surface area contributed by atoms with Gasteiger partial charge in [0.25, 0.3) is 0 Å². The molecule has 10 nitrogen and oxygen atoms in total. The summed E-state index contributed by atoms with van der Waals surface area (Å²) in [6.45, 7) is 1.72. The summed E-state index contributed by atoms with van der Waals surface area (Å²) in [5.41, 5.74) is 0.848. The van der Waals surface area contributed by atoms with Gasteiger partial charge in [-0.3, -0.25) is 4.79 Å². The minimum atomic E-state index is -3.99. The molecule has 0 spiro atoms. The van der Waals surface area contributed by atoms with Crippen molar-refractivity contribution < 1.29 is 30.5 Å². The molecule has 4 rings (SSSR count). The van der Waals surface area contributed by atoms with Crippen LogP contribution in [-0.2, 0) is 24.8 Å². The number of nitrogens with two attached hydrogens (primary N) is 1. The van der Waals surface area contributed by atoms with Gasteiger partial charge < -0.3 is 9.84 Å². The van der Waals surface area contributed by atoms with Gasteiger partial charge in [-0.1, -0.05) is 23.4 Å². The molecular weight excluding hydrogens is 523 g/mol. The highest BCUT2D eigenvalue weighted by molar-refractivity contribution is 7.89. The van der Waals surface area contributed by atoms with Crippen LogP contribution in [0.4, 0.5) is 10.1 Å². The third-order valence-electron chi connectivity index (χ3n) is 6.03. The predicted octanol–water partition coefficient (Wildman–Crippen LogP) is 2.98. The molecular formula is C24H25FN4O6S2. The lowest BCUT2D eigenvalue weighted by Gasteiger charge is -2.30. The Balaban J connectivity index is 1.43. The van der Waals surface area contributed by atoms with Gasteiger partial charge in [0, 0.05) is 30.3 Å². The van der Waals surface area contributed by atoms with Crippen molar-refractivity contribution in [2.45, 2.75) is 29.6 Å². The van der Waals surface area contributed by atoms with Gasteiger partial charge in [0.2, 0.25) is 26.0 Å². The molecule has 1 aromatic heterocycles. The highest BCUT2D eigenvalue weighted by Crippen LogP contribution is 2.30. The Morgan fingerprint density at radius 3 is 2.35 bits per heavy atom. The van der Waals surface area contributed by atoms with E-state index >= 15 is 0 Å². The summed E-state index contributed by atoms with van der Waals surface area (Å²) in [6, 6.07) is 11.5. The fraction of sp³-hybridized carbons (Fsp3) is 0.250. The van der Waals surface area contributed by atoms with Gasteiger partial charge in [0.05, 0.1) is 4.90 Å². The van der Waals surface area contributed by atoms with Crippen molar-refractivity contribution in [1.29, 1.82) is 0 Å². The van der Waals surface area contributed by atoms with Gasteiger partial charge in [0.1, 0.15) is 11.5 Å². The summed E-state index contributed by atoms with van der Waals surface area (Å²) in [5, 5.41) is 11.6. The van der Waals surface area contributed by atoms with Gasteiger partial charge >= 0.3 is 0 Å². The molecule has 1 fully saturated rings. The second-order valence-electron chi connectivity index (χ2n) is 8.55. The van der Waals surface area contributed by atoms with Gasteiger partial charge in [-0.15, -0.1) is 0 Å². The Bertz CT molecular complexity index is 1540. The number of carbonyl (C=O) groups is 1. The molecule has 0 saturated carbocycles. The lowest BCUT2D eigenvalue weighted by molar-refractivity contribution is -0.120. The first-order valence-corrected chi connectivity index (χ1v) is 14.3. The van der Waals surface area contributed by atoms with E-state index in [0.717, 1.165) is 0 Å². The standard InChI is InChI=1S/C24H25FN4O6S2/c1-16-23(22(35-28-16)11-6-17-4-2-3-5-21(17)25)37(33,34)29-14-12-18(13-15-29)24(30)27-19-7-9-20(10-8-19)36(26,31)32/h2-11,18H,12-15H2,1H3,(H,27,30)(H2,26,31,32)/b11-6+. The molecule has 1 amide bonds. The van der Waals surface area contributed by atoms with Gasteiger partial charge in [-0.25, -0.2) is 26.4 Å². The Labute approximate surface area is 214 Å². The van der Waals surface area contributed by atoms with Crippen molar-refractivity contribution >= 4 is 43.8 Å². The number of carbonyl (C=O) groups excluding carboxylic acids is 1. The summed E-state index contributed by atoms with van der Waals surface area (Å²) in [5.74, 6) is -1.20. The van der Waals surface area contributed by atoms with E-state index < -0.39 is 31.8 Å². The van der Waals surface area contributed by atoms with Gasteiger partial charge in [0.15, 0.2) is 10.7 Å². The Morgan fingerprint density at radius 1 is 1.08 bits per heavy atom. The zero-order valence-corrected chi connectivity index (χ0v) is 21.4. The maximum atomic E-state index is 13.9. The van der Waals surface area contributed by atoms with Crippen LogP contribution in [0.2, 0.25) is 0 Å². The topological polar surface area (TPSA) is 153 Å². The summed E-state index contributed by atoms with van der Waals surface area (Å²) < 4.78 is 70.0. The lowest BCUT2D eigenvalue weighted by Crippen LogP contribution is -2.41. The first-order valence-electron chi connectivity index (χ1n) is 11.3. The number of rotatable bonds is 7. The van der Waals surface area contributed by atoms with E-state index in [-0.39, 0.29) is 58.6 Å². The largest absolute Gasteiger partial charge is 0.355 e. The van der Waals surface area contributed by atoms with Crippen LogP contribution >= 0.6 is 0 Å². The summed E-state index contributed by atoms with van der Waals surface area (Å²) in [4.78, 5) is 12.5. The molecule has 196 valence electrons. The highest BCUT2D eigenvalue weighted by Gasteiger charge is 2.36. The van der Waals surface area contributed by atoms with Crippen LogP contribution in [0.15, 0.2) is 62.8 Å². The van der Waals surface area contributed by atoms with E-state index in [4.69, 9.17) is 9.66 Å². The molecule has 0 atom stereocenters.